The van der Waals surface area contributed by atoms with Crippen LogP contribution in [0.5, 0.6) is 0 Å². The second kappa shape index (κ2) is 28.0. The number of nitrogens with one attached hydrogen (secondary N) is 4. The summed E-state index contributed by atoms with van der Waals surface area (Å²) >= 11 is 0. The van der Waals surface area contributed by atoms with E-state index in [9.17, 15) is 115 Å². The van der Waals surface area contributed by atoms with Crippen LogP contribution in [0.4, 0.5) is 11.4 Å². The lowest BCUT2D eigenvalue weighted by atomic mass is 9.74. The summed E-state index contributed by atoms with van der Waals surface area (Å²) in [5.74, 6) is -10.9. The van der Waals surface area contributed by atoms with Crippen molar-refractivity contribution in [3.63, 3.8) is 0 Å². The fraction of sp³-hybridized carbons (Fsp3) is 0.469. The van der Waals surface area contributed by atoms with E-state index in [1.165, 1.54) is 53.7 Å². The Balaban J connectivity index is 1.82. The number of benzene rings is 3. The Hall–Kier alpha value is -6.41. The largest absolute Gasteiger partial charge is 0.481 e. The van der Waals surface area contributed by atoms with E-state index in [1.54, 1.807) is 6.92 Å². The Morgan fingerprint density at radius 3 is 1.73 bits per heavy atom. The number of aliphatic carboxylic acids is 1. The number of unbranched alkanes of at least 4 members (excludes halogenated alkanes) is 2. The highest BCUT2D eigenvalue weighted by atomic mass is 32.2. The Kier molecular flexibility index (Phi) is 23.1. The molecule has 40 heteroatoms. The van der Waals surface area contributed by atoms with Crippen LogP contribution in [0.25, 0.3) is 10.8 Å². The van der Waals surface area contributed by atoms with Gasteiger partial charge in [-0.05, 0) is 81.8 Å². The molecule has 2 atom stereocenters. The van der Waals surface area contributed by atoms with Crippen molar-refractivity contribution in [3.8, 4) is 0 Å². The smallest absolute Gasteiger partial charge is 0.303 e. The summed E-state index contributed by atoms with van der Waals surface area (Å²) in [5, 5.41) is 17.7. The Morgan fingerprint density at radius 1 is 0.618 bits per heavy atom. The van der Waals surface area contributed by atoms with Gasteiger partial charge in [-0.2, -0.15) is 63.5 Å². The third-order valence-corrected chi connectivity index (χ3v) is 19.6. The van der Waals surface area contributed by atoms with Crippen molar-refractivity contribution < 1.29 is 124 Å². The first kappa shape index (κ1) is 73.3. The fourth-order valence-electron chi connectivity index (χ4n) is 10.4. The van der Waals surface area contributed by atoms with Crippen molar-refractivity contribution in [1.82, 2.24) is 21.3 Å². The van der Waals surface area contributed by atoms with Gasteiger partial charge < -0.3 is 31.3 Å². The highest BCUT2D eigenvalue weighted by molar-refractivity contribution is 7.87. The number of amides is 4. The molecule has 0 spiro atoms. The first-order chi connectivity index (χ1) is 40.6. The molecule has 5 rings (SSSR count). The normalized spacial score (nSPS) is 17.2. The minimum absolute atomic E-state index is 0.000519. The molecule has 2 aliphatic rings. The van der Waals surface area contributed by atoms with Crippen molar-refractivity contribution in [2.75, 3.05) is 66.4 Å². The van der Waals surface area contributed by atoms with Crippen LogP contribution in [-0.4, -0.2) is 203 Å². The number of carboxylic acid groups (broad SMARTS) is 1. The molecule has 89 heavy (non-hydrogen) atoms. The van der Waals surface area contributed by atoms with Gasteiger partial charge >= 0.3 is 5.97 Å². The van der Waals surface area contributed by atoms with E-state index in [0.717, 1.165) is 18.2 Å². The SMILES string of the molecule is CC1(C)C(C=CC=C2N(CCCS(=O)(=O)O)c3cc(C(=O)NCCS(=O)(=O)O)cc(C(=O)NCCS(=O)(=O)O)c3C2(C)CCCCCC(=O)O)=[N+](CCC(=O)N[C@@H](CS(=O)(=O)O)C(=O)NCCS(=O)(=O)O)c2ccc3c(S(=O)(=O)O)cc(S(=O)(=O)O)cc3c21. The quantitative estimate of drug-likeness (QED) is 0.0226. The van der Waals surface area contributed by atoms with Crippen molar-refractivity contribution in [1.29, 1.82) is 0 Å². The van der Waals surface area contributed by atoms with E-state index in [0.29, 0.717) is 6.07 Å². The highest BCUT2D eigenvalue weighted by Crippen LogP contribution is 2.53. The molecule has 33 nitrogen and oxygen atoms in total. The number of carbonyl (C=O) groups is 5. The Labute approximate surface area is 512 Å². The van der Waals surface area contributed by atoms with Gasteiger partial charge in [-0.15, -0.1) is 0 Å². The predicted octanol–water partition coefficient (Wildman–Crippen LogP) is 0.242. The summed E-state index contributed by atoms with van der Waals surface area (Å²) in [6.45, 7) is 1.69. The zero-order valence-corrected chi connectivity index (χ0v) is 53.1. The summed E-state index contributed by atoms with van der Waals surface area (Å²) in [7, 11) is -34.3. The predicted molar refractivity (Wildman–Crippen MR) is 316 cm³/mol. The number of rotatable bonds is 32. The minimum atomic E-state index is -5.29. The van der Waals surface area contributed by atoms with Crippen LogP contribution < -0.4 is 26.2 Å². The van der Waals surface area contributed by atoms with Crippen LogP contribution in [0.3, 0.4) is 0 Å². The fourth-order valence-corrected chi connectivity index (χ4v) is 14.0. The van der Waals surface area contributed by atoms with E-state index in [1.807, 2.05) is 5.32 Å². The molecule has 0 bridgehead atoms. The van der Waals surface area contributed by atoms with Crippen LogP contribution in [0.15, 0.2) is 70.1 Å². The van der Waals surface area contributed by atoms with E-state index < -0.39 is 188 Å². The van der Waals surface area contributed by atoms with Gasteiger partial charge in [-0.25, -0.2) is 0 Å². The average molecular weight is 1390 g/mol. The lowest BCUT2D eigenvalue weighted by molar-refractivity contribution is -0.436. The monoisotopic (exact) mass is 1390 g/mol. The van der Waals surface area contributed by atoms with Crippen LogP contribution >= 0.6 is 0 Å². The van der Waals surface area contributed by atoms with Crippen LogP contribution in [0.1, 0.15) is 97.6 Å². The molecule has 3 aromatic rings. The lowest BCUT2D eigenvalue weighted by Gasteiger charge is -2.31. The average Bonchev–Trinajstić information content (AvgIpc) is 1.63. The molecule has 2 heterocycles. The second-order valence-electron chi connectivity index (χ2n) is 21.3. The topological polar surface area (TPSA) is 541 Å². The van der Waals surface area contributed by atoms with Crippen LogP contribution in [0, 0.1) is 0 Å². The lowest BCUT2D eigenvalue weighted by Crippen LogP contribution is -2.51. The molecule has 4 amide bonds. The minimum Gasteiger partial charge on any atom is -0.481 e. The maximum Gasteiger partial charge on any atom is 0.303 e. The summed E-state index contributed by atoms with van der Waals surface area (Å²) < 4.78 is 238. The third-order valence-electron chi connectivity index (χ3n) is 14.2. The number of nitrogens with zero attached hydrogens (tertiary/aromatic N) is 2. The van der Waals surface area contributed by atoms with Crippen molar-refractivity contribution in [2.45, 2.75) is 92.4 Å². The van der Waals surface area contributed by atoms with Crippen LogP contribution in [0.2, 0.25) is 0 Å². The number of anilines is 1. The van der Waals surface area contributed by atoms with Crippen LogP contribution in [-0.2, 0) is 96.0 Å². The molecule has 0 fully saturated rings. The van der Waals surface area contributed by atoms with E-state index in [2.05, 4.69) is 16.0 Å². The molecule has 0 saturated heterocycles. The maximum absolute atomic E-state index is 14.4. The summed E-state index contributed by atoms with van der Waals surface area (Å²) in [4.78, 5) is 66.2. The molecule has 0 radical (unpaired) electrons. The molecule has 12 N–H and O–H groups in total. The maximum atomic E-state index is 14.4. The molecule has 494 valence electrons. The van der Waals surface area contributed by atoms with Gasteiger partial charge in [0.1, 0.15) is 16.7 Å². The number of carboxylic acids is 1. The van der Waals surface area contributed by atoms with E-state index in [-0.39, 0.29) is 101 Å². The first-order valence-corrected chi connectivity index (χ1v) is 37.2. The standard InChI is InChI=1S/C49H64N6O27S7/c1-48(2)39(55(20-14-41(56)53-35(29-87(74,75)76)47(61)52-18-24-86(71,72)73)36-13-12-32-33(43(36)48)27-31(88(77,78)79)28-38(32)89(80,81)82)9-7-10-40-49(3,15-6-4-5-11-42(57)58)44-34(46(60)51-17-23-85(68,69)70)25-30(45(59)50-16-22-84(65,66)67)26-37(44)54(40)19-8-21-83(62,63)64/h7,9-10,12-13,25-28,35H,4-6,8,11,14-24,29H2,1-3H3,(H11-,50,51,52,53,56,57,58,59,60,61,62,63,64,65,66,67,68,69,70,71,72,73,74,75,76,77,78,79,80,81,82)/p+1/t35-,49?/m0/s1. The highest BCUT2D eigenvalue weighted by Gasteiger charge is 2.48. The van der Waals surface area contributed by atoms with Crippen molar-refractivity contribution >= 4 is 128 Å². The number of carbonyl (C=O) groups excluding carboxylic acids is 4. The van der Waals surface area contributed by atoms with E-state index >= 15 is 0 Å². The number of hydrogen-bond donors (Lipinski definition) is 12. The van der Waals surface area contributed by atoms with Gasteiger partial charge in [0.2, 0.25) is 17.5 Å². The van der Waals surface area contributed by atoms with Gasteiger partial charge in [0.25, 0.3) is 82.6 Å². The molecule has 1 unspecified atom stereocenters. The van der Waals surface area contributed by atoms with E-state index in [4.69, 9.17) is 4.55 Å². The second-order valence-corrected chi connectivity index (χ2v) is 31.9. The molecular weight excluding hydrogens is 1330 g/mol. The molecule has 0 aliphatic carbocycles. The molecule has 2 aliphatic heterocycles. The Morgan fingerprint density at radius 2 is 1.19 bits per heavy atom. The van der Waals surface area contributed by atoms with Gasteiger partial charge in [0, 0.05) is 89.2 Å². The van der Waals surface area contributed by atoms with Crippen molar-refractivity contribution in [2.24, 2.45) is 0 Å². The number of fused-ring (bicyclic) bond motifs is 4. The van der Waals surface area contributed by atoms with Gasteiger partial charge in [0.15, 0.2) is 12.3 Å². The number of hydrogen-bond acceptors (Lipinski definition) is 20. The molecule has 3 aromatic carbocycles. The molecule has 0 aromatic heterocycles. The molecular formula is C49H65N6O27S7+. The number of allylic oxidation sites excluding steroid dienone is 4. The summed E-state index contributed by atoms with van der Waals surface area (Å²) in [6, 6.07) is 4.09. The first-order valence-electron chi connectivity index (χ1n) is 26.3. The van der Waals surface area contributed by atoms with Crippen molar-refractivity contribution in [3.05, 3.63) is 82.6 Å². The summed E-state index contributed by atoms with van der Waals surface area (Å²) in [6.07, 6.45) is 3.46. The van der Waals surface area contributed by atoms with Gasteiger partial charge in [0.05, 0.1) is 39.7 Å². The van der Waals surface area contributed by atoms with Gasteiger partial charge in [-0.3, -0.25) is 55.8 Å². The van der Waals surface area contributed by atoms with Gasteiger partial charge in [-0.1, -0.05) is 18.9 Å². The Bertz CT molecular complexity index is 4280. The zero-order chi connectivity index (χ0) is 67.3. The third kappa shape index (κ3) is 20.3. The zero-order valence-electron chi connectivity index (χ0n) is 47.4. The summed E-state index contributed by atoms with van der Waals surface area (Å²) in [5.41, 5.74) is -3.13. The molecule has 0 saturated carbocycles.